The van der Waals surface area contributed by atoms with E-state index in [2.05, 4.69) is 40.2 Å². The zero-order valence-electron chi connectivity index (χ0n) is 18.4. The van der Waals surface area contributed by atoms with Crippen molar-refractivity contribution in [1.29, 1.82) is 0 Å². The van der Waals surface area contributed by atoms with Gasteiger partial charge < -0.3 is 25.6 Å². The normalized spacial score (nSPS) is 15.8. The van der Waals surface area contributed by atoms with Gasteiger partial charge in [0.15, 0.2) is 5.96 Å². The summed E-state index contributed by atoms with van der Waals surface area (Å²) in [5.41, 5.74) is 1.90. The van der Waals surface area contributed by atoms with Gasteiger partial charge in [0.1, 0.15) is 0 Å². The molecule has 0 atom stereocenters. The molecule has 1 fully saturated rings. The van der Waals surface area contributed by atoms with Gasteiger partial charge in [-0.25, -0.2) is 4.99 Å². The number of aliphatic imine (C=N–C) groups is 1. The van der Waals surface area contributed by atoms with E-state index in [-0.39, 0.29) is 11.3 Å². The molecule has 1 aliphatic carbocycles. The summed E-state index contributed by atoms with van der Waals surface area (Å²) in [6.45, 7) is 5.51. The van der Waals surface area contributed by atoms with E-state index in [9.17, 15) is 4.79 Å². The average molecular weight is 404 g/mol. The van der Waals surface area contributed by atoms with Gasteiger partial charge in [-0.15, -0.1) is 0 Å². The quantitative estimate of drug-likeness (QED) is 0.318. The summed E-state index contributed by atoms with van der Waals surface area (Å²) in [6, 6.07) is 8.28. The van der Waals surface area contributed by atoms with E-state index >= 15 is 0 Å². The van der Waals surface area contributed by atoms with Crippen molar-refractivity contribution < 1.29 is 9.53 Å². The van der Waals surface area contributed by atoms with Gasteiger partial charge in [0.25, 0.3) is 0 Å². The Bertz CT molecular complexity index is 652. The Morgan fingerprint density at radius 2 is 1.86 bits per heavy atom. The summed E-state index contributed by atoms with van der Waals surface area (Å²) in [7, 11) is 5.38. The minimum atomic E-state index is -0.310. The number of amides is 1. The van der Waals surface area contributed by atoms with Gasteiger partial charge in [0.05, 0.1) is 18.6 Å². The van der Waals surface area contributed by atoms with Crippen LogP contribution < -0.4 is 16.0 Å². The van der Waals surface area contributed by atoms with Crippen LogP contribution in [0.4, 0.5) is 5.69 Å². The first-order valence-electron chi connectivity index (χ1n) is 10.6. The fraction of sp³-hybridized carbons (Fsp3) is 0.636. The molecule has 0 radical (unpaired) electrons. The molecule has 1 aromatic carbocycles. The number of carbonyl (C=O) groups is 1. The van der Waals surface area contributed by atoms with Crippen LogP contribution in [0.1, 0.15) is 38.2 Å². The van der Waals surface area contributed by atoms with E-state index in [0.717, 1.165) is 56.0 Å². The summed E-state index contributed by atoms with van der Waals surface area (Å²) in [5.74, 6) is 0.975. The predicted molar refractivity (Wildman–Crippen MR) is 119 cm³/mol. The van der Waals surface area contributed by atoms with Gasteiger partial charge in [0, 0.05) is 46.5 Å². The molecule has 162 valence electrons. The Morgan fingerprint density at radius 3 is 2.45 bits per heavy atom. The van der Waals surface area contributed by atoms with Gasteiger partial charge in [0.2, 0.25) is 5.91 Å². The molecule has 1 aliphatic rings. The van der Waals surface area contributed by atoms with Crippen LogP contribution in [0.5, 0.6) is 0 Å². The fourth-order valence-electron chi connectivity index (χ4n) is 3.78. The van der Waals surface area contributed by atoms with Crippen LogP contribution in [-0.2, 0) is 16.1 Å². The Balaban J connectivity index is 1.96. The fourth-order valence-corrected chi connectivity index (χ4v) is 3.78. The van der Waals surface area contributed by atoms with Gasteiger partial charge >= 0.3 is 0 Å². The highest BCUT2D eigenvalue weighted by Crippen LogP contribution is 2.38. The molecule has 0 aliphatic heterocycles. The van der Waals surface area contributed by atoms with E-state index in [0.29, 0.717) is 19.7 Å². The summed E-state index contributed by atoms with van der Waals surface area (Å²) in [5, 5.41) is 10.0. The molecule has 7 nitrogen and oxygen atoms in total. The lowest BCUT2D eigenvalue weighted by Crippen LogP contribution is -2.49. The van der Waals surface area contributed by atoms with Gasteiger partial charge in [-0.05, 0) is 37.5 Å². The molecule has 1 amide bonds. The zero-order valence-corrected chi connectivity index (χ0v) is 18.4. The Kier molecular flexibility index (Phi) is 9.25. The maximum absolute atomic E-state index is 12.8. The molecule has 0 bridgehead atoms. The number of benzene rings is 1. The van der Waals surface area contributed by atoms with Crippen LogP contribution in [0.15, 0.2) is 29.3 Å². The van der Waals surface area contributed by atoms with Gasteiger partial charge in [-0.2, -0.15) is 0 Å². The SMILES string of the molecule is CCNC(=NCc1ccc(NCCOC)cc1)NCC1(C(=O)N(C)C)CCCC1. The van der Waals surface area contributed by atoms with E-state index in [4.69, 9.17) is 9.73 Å². The first kappa shape index (κ1) is 23.0. The highest BCUT2D eigenvalue weighted by Gasteiger charge is 2.42. The molecule has 0 aromatic heterocycles. The number of rotatable bonds is 10. The summed E-state index contributed by atoms with van der Waals surface area (Å²) >= 11 is 0. The lowest BCUT2D eigenvalue weighted by atomic mass is 9.84. The van der Waals surface area contributed by atoms with Crippen molar-refractivity contribution in [2.75, 3.05) is 52.8 Å². The second-order valence-electron chi connectivity index (χ2n) is 7.85. The maximum atomic E-state index is 12.8. The molecule has 0 spiro atoms. The van der Waals surface area contributed by atoms with Crippen molar-refractivity contribution in [2.24, 2.45) is 10.4 Å². The first-order valence-corrected chi connectivity index (χ1v) is 10.6. The van der Waals surface area contributed by atoms with E-state index in [1.54, 1.807) is 12.0 Å². The minimum Gasteiger partial charge on any atom is -0.383 e. The van der Waals surface area contributed by atoms with Crippen molar-refractivity contribution in [3.63, 3.8) is 0 Å². The Hall–Kier alpha value is -2.28. The monoisotopic (exact) mass is 403 g/mol. The molecular formula is C22H37N5O2. The molecule has 29 heavy (non-hydrogen) atoms. The third kappa shape index (κ3) is 6.92. The minimum absolute atomic E-state index is 0.218. The summed E-state index contributed by atoms with van der Waals surface area (Å²) in [4.78, 5) is 19.2. The highest BCUT2D eigenvalue weighted by molar-refractivity contribution is 5.85. The summed E-state index contributed by atoms with van der Waals surface area (Å²) in [6.07, 6.45) is 4.10. The molecule has 0 heterocycles. The number of ether oxygens (including phenoxy) is 1. The second-order valence-corrected chi connectivity index (χ2v) is 7.85. The van der Waals surface area contributed by atoms with Crippen molar-refractivity contribution in [3.05, 3.63) is 29.8 Å². The molecule has 7 heteroatoms. The molecule has 0 saturated heterocycles. The topological polar surface area (TPSA) is 78.0 Å². The summed E-state index contributed by atoms with van der Waals surface area (Å²) < 4.78 is 5.05. The standard InChI is InChI=1S/C22H37N5O2/c1-5-23-21(26-17-22(12-6-7-13-22)20(28)27(2)3)25-16-18-8-10-19(11-9-18)24-14-15-29-4/h8-11,24H,5-7,12-17H2,1-4H3,(H2,23,25,26). The number of methoxy groups -OCH3 is 1. The smallest absolute Gasteiger partial charge is 0.230 e. The van der Waals surface area contributed by atoms with Crippen LogP contribution in [0.25, 0.3) is 0 Å². The van der Waals surface area contributed by atoms with Crippen molar-refractivity contribution in [2.45, 2.75) is 39.2 Å². The molecular weight excluding hydrogens is 366 g/mol. The highest BCUT2D eigenvalue weighted by atomic mass is 16.5. The Morgan fingerprint density at radius 1 is 1.17 bits per heavy atom. The van der Waals surface area contributed by atoms with Crippen LogP contribution in [0.3, 0.4) is 0 Å². The lowest BCUT2D eigenvalue weighted by Gasteiger charge is -2.31. The van der Waals surface area contributed by atoms with Crippen LogP contribution >= 0.6 is 0 Å². The van der Waals surface area contributed by atoms with Crippen molar-refractivity contribution >= 4 is 17.6 Å². The number of carbonyl (C=O) groups excluding carboxylic acids is 1. The maximum Gasteiger partial charge on any atom is 0.230 e. The molecule has 1 saturated carbocycles. The number of nitrogens with zero attached hydrogens (tertiary/aromatic N) is 2. The first-order chi connectivity index (χ1) is 14.0. The zero-order chi connectivity index (χ0) is 21.1. The molecule has 0 unspecified atom stereocenters. The lowest BCUT2D eigenvalue weighted by molar-refractivity contribution is -0.138. The number of hydrogen-bond donors (Lipinski definition) is 3. The van der Waals surface area contributed by atoms with E-state index < -0.39 is 0 Å². The van der Waals surface area contributed by atoms with Gasteiger partial charge in [-0.1, -0.05) is 25.0 Å². The number of anilines is 1. The van der Waals surface area contributed by atoms with Gasteiger partial charge in [-0.3, -0.25) is 4.79 Å². The molecule has 3 N–H and O–H groups in total. The van der Waals surface area contributed by atoms with Crippen LogP contribution in [0, 0.1) is 5.41 Å². The Labute approximate surface area is 175 Å². The second kappa shape index (κ2) is 11.7. The third-order valence-electron chi connectivity index (χ3n) is 5.37. The number of nitrogens with one attached hydrogen (secondary N) is 3. The van der Waals surface area contributed by atoms with Crippen LogP contribution in [-0.4, -0.2) is 64.2 Å². The predicted octanol–water partition coefficient (Wildman–Crippen LogP) is 2.45. The van der Waals surface area contributed by atoms with Crippen LogP contribution in [0.2, 0.25) is 0 Å². The largest absolute Gasteiger partial charge is 0.383 e. The molecule has 1 aromatic rings. The third-order valence-corrected chi connectivity index (χ3v) is 5.37. The number of hydrogen-bond acceptors (Lipinski definition) is 4. The van der Waals surface area contributed by atoms with Crippen molar-refractivity contribution in [1.82, 2.24) is 15.5 Å². The van der Waals surface area contributed by atoms with Crippen molar-refractivity contribution in [3.8, 4) is 0 Å². The van der Waals surface area contributed by atoms with E-state index in [1.165, 1.54) is 0 Å². The molecule has 2 rings (SSSR count). The number of guanidine groups is 1. The van der Waals surface area contributed by atoms with E-state index in [1.807, 2.05) is 21.0 Å². The average Bonchev–Trinajstić information content (AvgIpc) is 3.20.